The lowest BCUT2D eigenvalue weighted by Crippen LogP contribution is -2.57. The molecular formula is C9H17NO3. The molecule has 4 nitrogen and oxygen atoms in total. The van der Waals surface area contributed by atoms with Crippen molar-refractivity contribution in [1.29, 1.82) is 0 Å². The van der Waals surface area contributed by atoms with Gasteiger partial charge in [0.25, 0.3) is 0 Å². The fraction of sp³-hybridized carbons (Fsp3) is 0.889. The summed E-state index contributed by atoms with van der Waals surface area (Å²) in [4.78, 5) is 12.6. The third kappa shape index (κ3) is 2.00. The van der Waals surface area contributed by atoms with E-state index in [1.54, 1.807) is 4.90 Å². The minimum absolute atomic E-state index is 0.0565. The molecule has 1 aliphatic rings. The summed E-state index contributed by atoms with van der Waals surface area (Å²) in [7, 11) is 0. The van der Waals surface area contributed by atoms with Crippen LogP contribution in [0.4, 0.5) is 0 Å². The number of carbonyl (C=O) groups excluding carboxylic acids is 1. The Bertz CT molecular complexity index is 215. The average Bonchev–Trinajstić information content (AvgIpc) is 1.99. The minimum Gasteiger partial charge on any atom is -0.390 e. The molecule has 1 amide bonds. The lowest BCUT2D eigenvalue weighted by atomic mass is 9.80. The third-order valence-electron chi connectivity index (χ3n) is 2.62. The Morgan fingerprint density at radius 2 is 2.00 bits per heavy atom. The molecule has 4 heteroatoms. The van der Waals surface area contributed by atoms with E-state index in [0.717, 1.165) is 0 Å². The first-order valence-electron chi connectivity index (χ1n) is 4.46. The van der Waals surface area contributed by atoms with Crippen LogP contribution in [0.1, 0.15) is 20.8 Å². The second-order valence-corrected chi connectivity index (χ2v) is 4.40. The topological polar surface area (TPSA) is 60.8 Å². The Kier molecular flexibility index (Phi) is 2.63. The van der Waals surface area contributed by atoms with Crippen molar-refractivity contribution >= 4 is 5.91 Å². The lowest BCUT2D eigenvalue weighted by Gasteiger charge is -2.44. The molecule has 13 heavy (non-hydrogen) atoms. The van der Waals surface area contributed by atoms with Gasteiger partial charge >= 0.3 is 0 Å². The summed E-state index contributed by atoms with van der Waals surface area (Å²) < 4.78 is 0. The van der Waals surface area contributed by atoms with Crippen LogP contribution in [-0.2, 0) is 4.79 Å². The van der Waals surface area contributed by atoms with Crippen LogP contribution >= 0.6 is 0 Å². The Morgan fingerprint density at radius 1 is 1.46 bits per heavy atom. The van der Waals surface area contributed by atoms with Crippen molar-refractivity contribution in [1.82, 2.24) is 4.90 Å². The number of rotatable bonds is 0. The number of likely N-dealkylation sites (tertiary alicyclic amines) is 1. The summed E-state index contributed by atoms with van der Waals surface area (Å²) in [6, 6.07) is 0. The molecule has 1 fully saturated rings. The minimum atomic E-state index is -0.826. The van der Waals surface area contributed by atoms with E-state index < -0.39 is 17.6 Å². The first-order chi connectivity index (χ1) is 5.84. The van der Waals surface area contributed by atoms with Gasteiger partial charge in [0.1, 0.15) is 0 Å². The van der Waals surface area contributed by atoms with Crippen molar-refractivity contribution < 1.29 is 15.0 Å². The monoisotopic (exact) mass is 187 g/mol. The van der Waals surface area contributed by atoms with E-state index in [2.05, 4.69) is 0 Å². The molecule has 2 N–H and O–H groups in total. The highest BCUT2D eigenvalue weighted by Crippen LogP contribution is 2.29. The average molecular weight is 187 g/mol. The van der Waals surface area contributed by atoms with Gasteiger partial charge in [0.05, 0.1) is 12.2 Å². The molecule has 1 heterocycles. The normalized spacial score (nSPS) is 33.2. The highest BCUT2D eigenvalue weighted by Gasteiger charge is 2.41. The molecule has 0 aromatic rings. The molecule has 1 saturated heterocycles. The van der Waals surface area contributed by atoms with E-state index in [1.807, 2.05) is 13.8 Å². The standard InChI is InChI=1S/C9H17NO3/c1-6(11)10-4-7(12)8(13)9(2,3)5-10/h7-8,12-13H,4-5H2,1-3H3. The van der Waals surface area contributed by atoms with Crippen LogP contribution in [-0.4, -0.2) is 46.3 Å². The van der Waals surface area contributed by atoms with E-state index in [0.29, 0.717) is 6.54 Å². The Hall–Kier alpha value is -0.610. The van der Waals surface area contributed by atoms with Crippen LogP contribution < -0.4 is 0 Å². The quantitative estimate of drug-likeness (QED) is 0.542. The molecule has 2 unspecified atom stereocenters. The predicted molar refractivity (Wildman–Crippen MR) is 48.0 cm³/mol. The molecule has 2 atom stereocenters. The second kappa shape index (κ2) is 3.27. The number of piperidine rings is 1. The predicted octanol–water partition coefficient (Wildman–Crippen LogP) is -0.404. The maximum atomic E-state index is 11.1. The van der Waals surface area contributed by atoms with Crippen LogP contribution in [0, 0.1) is 5.41 Å². The van der Waals surface area contributed by atoms with Gasteiger partial charge in [0, 0.05) is 25.4 Å². The molecule has 76 valence electrons. The molecule has 0 aliphatic carbocycles. The molecule has 0 radical (unpaired) electrons. The fourth-order valence-electron chi connectivity index (χ4n) is 1.74. The molecular weight excluding hydrogens is 170 g/mol. The summed E-state index contributed by atoms with van der Waals surface area (Å²) in [6.45, 7) is 5.90. The van der Waals surface area contributed by atoms with Gasteiger partial charge in [-0.2, -0.15) is 0 Å². The number of hydrogen-bond donors (Lipinski definition) is 2. The number of hydrogen-bond acceptors (Lipinski definition) is 3. The first-order valence-corrected chi connectivity index (χ1v) is 4.46. The highest BCUT2D eigenvalue weighted by molar-refractivity contribution is 5.73. The van der Waals surface area contributed by atoms with Gasteiger partial charge in [-0.05, 0) is 0 Å². The summed E-state index contributed by atoms with van der Waals surface area (Å²) in [5, 5.41) is 19.1. The Morgan fingerprint density at radius 3 is 2.38 bits per heavy atom. The van der Waals surface area contributed by atoms with Gasteiger partial charge in [-0.3, -0.25) is 4.79 Å². The Balaban J connectivity index is 2.76. The molecule has 1 aliphatic heterocycles. The Labute approximate surface area is 78.2 Å². The van der Waals surface area contributed by atoms with E-state index in [-0.39, 0.29) is 12.5 Å². The number of nitrogens with zero attached hydrogens (tertiary/aromatic N) is 1. The summed E-state index contributed by atoms with van der Waals surface area (Å²) >= 11 is 0. The number of aliphatic hydroxyl groups is 2. The largest absolute Gasteiger partial charge is 0.390 e. The van der Waals surface area contributed by atoms with Gasteiger partial charge in [-0.1, -0.05) is 13.8 Å². The van der Waals surface area contributed by atoms with E-state index in [4.69, 9.17) is 0 Å². The maximum absolute atomic E-state index is 11.1. The zero-order valence-electron chi connectivity index (χ0n) is 8.32. The molecule has 0 aromatic heterocycles. The SMILES string of the molecule is CC(=O)N1CC(O)C(O)C(C)(C)C1. The van der Waals surface area contributed by atoms with Crippen LogP contribution in [0.15, 0.2) is 0 Å². The second-order valence-electron chi connectivity index (χ2n) is 4.40. The van der Waals surface area contributed by atoms with E-state index in [1.165, 1.54) is 6.92 Å². The third-order valence-corrected chi connectivity index (χ3v) is 2.62. The van der Waals surface area contributed by atoms with Crippen molar-refractivity contribution in [3.05, 3.63) is 0 Å². The molecule has 0 aromatic carbocycles. The van der Waals surface area contributed by atoms with Crippen molar-refractivity contribution in [3.8, 4) is 0 Å². The lowest BCUT2D eigenvalue weighted by molar-refractivity contribution is -0.147. The van der Waals surface area contributed by atoms with Crippen molar-refractivity contribution in [2.45, 2.75) is 33.0 Å². The van der Waals surface area contributed by atoms with Crippen LogP contribution in [0.25, 0.3) is 0 Å². The van der Waals surface area contributed by atoms with Crippen molar-refractivity contribution in [3.63, 3.8) is 0 Å². The van der Waals surface area contributed by atoms with Gasteiger partial charge in [0.2, 0.25) is 5.91 Å². The maximum Gasteiger partial charge on any atom is 0.219 e. The molecule has 0 bridgehead atoms. The zero-order chi connectivity index (χ0) is 10.2. The first kappa shape index (κ1) is 10.5. The highest BCUT2D eigenvalue weighted by atomic mass is 16.3. The summed E-state index contributed by atoms with van der Waals surface area (Å²) in [5.41, 5.74) is -0.427. The van der Waals surface area contributed by atoms with Crippen molar-refractivity contribution in [2.24, 2.45) is 5.41 Å². The van der Waals surface area contributed by atoms with Crippen molar-refractivity contribution in [2.75, 3.05) is 13.1 Å². The van der Waals surface area contributed by atoms with E-state index in [9.17, 15) is 15.0 Å². The van der Waals surface area contributed by atoms with Crippen LogP contribution in [0.5, 0.6) is 0 Å². The van der Waals surface area contributed by atoms with Gasteiger partial charge < -0.3 is 15.1 Å². The van der Waals surface area contributed by atoms with Gasteiger partial charge in [-0.25, -0.2) is 0 Å². The van der Waals surface area contributed by atoms with E-state index >= 15 is 0 Å². The number of β-amino-alcohol motifs (C(OH)–C–C–N with tert-alkyl or cyclic N) is 1. The zero-order valence-corrected chi connectivity index (χ0v) is 8.32. The smallest absolute Gasteiger partial charge is 0.219 e. The number of aliphatic hydroxyl groups excluding tert-OH is 2. The number of amides is 1. The molecule has 1 rings (SSSR count). The fourth-order valence-corrected chi connectivity index (χ4v) is 1.74. The molecule has 0 spiro atoms. The van der Waals surface area contributed by atoms with Crippen LogP contribution in [0.3, 0.4) is 0 Å². The summed E-state index contributed by atoms with van der Waals surface area (Å²) in [6.07, 6.45) is -1.57. The summed E-state index contributed by atoms with van der Waals surface area (Å²) in [5.74, 6) is -0.0565. The molecule has 0 saturated carbocycles. The number of carbonyl (C=O) groups is 1. The van der Waals surface area contributed by atoms with Gasteiger partial charge in [-0.15, -0.1) is 0 Å². The van der Waals surface area contributed by atoms with Crippen LogP contribution in [0.2, 0.25) is 0 Å². The van der Waals surface area contributed by atoms with Gasteiger partial charge in [0.15, 0.2) is 0 Å².